The summed E-state index contributed by atoms with van der Waals surface area (Å²) in [4.78, 5) is 12.7. The van der Waals surface area contributed by atoms with Gasteiger partial charge in [-0.25, -0.2) is 0 Å². The highest BCUT2D eigenvalue weighted by Crippen LogP contribution is 2.29. The molecule has 0 unspecified atom stereocenters. The molecule has 0 aliphatic carbocycles. The maximum Gasteiger partial charge on any atom is 0.252 e. The number of hydrogen-bond acceptors (Lipinski definition) is 4. The lowest BCUT2D eigenvalue weighted by Crippen LogP contribution is -2.22. The van der Waals surface area contributed by atoms with Gasteiger partial charge in [0, 0.05) is 17.7 Å². The molecule has 0 fully saturated rings. The number of benzene rings is 2. The summed E-state index contributed by atoms with van der Waals surface area (Å²) >= 11 is 1.63. The van der Waals surface area contributed by atoms with Gasteiger partial charge < -0.3 is 5.32 Å². The van der Waals surface area contributed by atoms with E-state index in [1.165, 1.54) is 0 Å². The standard InChI is InChI=1S/C20H15N3OS/c24-20(21-11-14-8-10-25-13-14)19-6-2-4-17-16(3-1-5-18(17)19)15-7-9-22-23-12-15/h1-10,12-13H,11H2,(H,21,24). The Labute approximate surface area is 149 Å². The zero-order chi connectivity index (χ0) is 17.1. The van der Waals surface area contributed by atoms with Crippen LogP contribution >= 0.6 is 11.3 Å². The van der Waals surface area contributed by atoms with Crippen molar-refractivity contribution in [3.8, 4) is 11.1 Å². The number of rotatable bonds is 4. The van der Waals surface area contributed by atoms with Gasteiger partial charge in [-0.1, -0.05) is 30.3 Å². The minimum absolute atomic E-state index is 0.0678. The molecule has 2 aromatic carbocycles. The molecular formula is C20H15N3OS. The molecule has 25 heavy (non-hydrogen) atoms. The van der Waals surface area contributed by atoms with Gasteiger partial charge in [0.1, 0.15) is 0 Å². The largest absolute Gasteiger partial charge is 0.348 e. The number of carbonyl (C=O) groups is 1. The molecule has 0 saturated carbocycles. The summed E-state index contributed by atoms with van der Waals surface area (Å²) in [7, 11) is 0. The number of aromatic nitrogens is 2. The quantitative estimate of drug-likeness (QED) is 0.600. The van der Waals surface area contributed by atoms with Crippen molar-refractivity contribution >= 4 is 28.0 Å². The van der Waals surface area contributed by atoms with Crippen LogP contribution < -0.4 is 5.32 Å². The van der Waals surface area contributed by atoms with Gasteiger partial charge in [-0.05, 0) is 50.9 Å². The van der Waals surface area contributed by atoms with Gasteiger partial charge in [0.05, 0.1) is 12.4 Å². The molecule has 0 atom stereocenters. The van der Waals surface area contributed by atoms with E-state index in [1.807, 2.05) is 59.3 Å². The number of nitrogens with one attached hydrogen (secondary N) is 1. The Morgan fingerprint density at radius 3 is 2.68 bits per heavy atom. The summed E-state index contributed by atoms with van der Waals surface area (Å²) in [6, 6.07) is 15.7. The third-order valence-corrected chi connectivity index (χ3v) is 4.83. The second kappa shape index (κ2) is 6.83. The lowest BCUT2D eigenvalue weighted by atomic mass is 9.96. The molecule has 0 aliphatic rings. The normalized spacial score (nSPS) is 10.7. The molecule has 0 radical (unpaired) electrons. The van der Waals surface area contributed by atoms with E-state index in [2.05, 4.69) is 15.5 Å². The van der Waals surface area contributed by atoms with Gasteiger partial charge in [0.25, 0.3) is 5.91 Å². The summed E-state index contributed by atoms with van der Waals surface area (Å²) in [6.07, 6.45) is 3.41. The van der Waals surface area contributed by atoms with Crippen molar-refractivity contribution in [3.63, 3.8) is 0 Å². The Morgan fingerprint density at radius 1 is 1.00 bits per heavy atom. The molecule has 2 heterocycles. The fourth-order valence-electron chi connectivity index (χ4n) is 2.88. The van der Waals surface area contributed by atoms with Gasteiger partial charge in [0.2, 0.25) is 0 Å². The lowest BCUT2D eigenvalue weighted by molar-refractivity contribution is 0.0952. The van der Waals surface area contributed by atoms with Crippen molar-refractivity contribution in [1.29, 1.82) is 0 Å². The molecule has 2 aromatic heterocycles. The van der Waals surface area contributed by atoms with E-state index in [1.54, 1.807) is 23.7 Å². The van der Waals surface area contributed by atoms with Crippen LogP contribution in [0.25, 0.3) is 21.9 Å². The number of carbonyl (C=O) groups excluding carboxylic acids is 1. The highest BCUT2D eigenvalue weighted by atomic mass is 32.1. The lowest BCUT2D eigenvalue weighted by Gasteiger charge is -2.11. The second-order valence-electron chi connectivity index (χ2n) is 5.65. The van der Waals surface area contributed by atoms with Gasteiger partial charge in [0.15, 0.2) is 0 Å². The van der Waals surface area contributed by atoms with Crippen molar-refractivity contribution in [1.82, 2.24) is 15.5 Å². The van der Waals surface area contributed by atoms with E-state index in [4.69, 9.17) is 0 Å². The number of hydrogen-bond donors (Lipinski definition) is 1. The maximum absolute atomic E-state index is 12.7. The van der Waals surface area contributed by atoms with Gasteiger partial charge in [-0.2, -0.15) is 21.5 Å². The Morgan fingerprint density at radius 2 is 1.88 bits per heavy atom. The van der Waals surface area contributed by atoms with Crippen molar-refractivity contribution in [2.45, 2.75) is 6.54 Å². The van der Waals surface area contributed by atoms with Crippen LogP contribution in [-0.4, -0.2) is 16.1 Å². The molecule has 122 valence electrons. The van der Waals surface area contributed by atoms with Crippen LogP contribution in [0.4, 0.5) is 0 Å². The zero-order valence-corrected chi connectivity index (χ0v) is 14.2. The van der Waals surface area contributed by atoms with E-state index < -0.39 is 0 Å². The first-order valence-corrected chi connectivity index (χ1v) is 8.85. The van der Waals surface area contributed by atoms with E-state index in [0.717, 1.165) is 27.5 Å². The average molecular weight is 345 g/mol. The minimum atomic E-state index is -0.0678. The summed E-state index contributed by atoms with van der Waals surface area (Å²) in [5.41, 5.74) is 3.81. The minimum Gasteiger partial charge on any atom is -0.348 e. The number of thiophene rings is 1. The first kappa shape index (κ1) is 15.5. The molecule has 0 bridgehead atoms. The predicted molar refractivity (Wildman–Crippen MR) is 100 cm³/mol. The fraction of sp³-hybridized carbons (Fsp3) is 0.0500. The van der Waals surface area contributed by atoms with Gasteiger partial charge in [-0.3, -0.25) is 4.79 Å². The Balaban J connectivity index is 1.72. The number of amides is 1. The smallest absolute Gasteiger partial charge is 0.252 e. The molecule has 4 nitrogen and oxygen atoms in total. The van der Waals surface area contributed by atoms with Crippen molar-refractivity contribution in [2.75, 3.05) is 0 Å². The molecule has 4 rings (SSSR count). The van der Waals surface area contributed by atoms with Crippen molar-refractivity contribution in [3.05, 3.63) is 82.8 Å². The van der Waals surface area contributed by atoms with Gasteiger partial charge in [-0.15, -0.1) is 0 Å². The summed E-state index contributed by atoms with van der Waals surface area (Å²) in [6.45, 7) is 0.534. The van der Waals surface area contributed by atoms with Crippen LogP contribution in [0.3, 0.4) is 0 Å². The Hall–Kier alpha value is -3.05. The van der Waals surface area contributed by atoms with Crippen LogP contribution in [0, 0.1) is 0 Å². The first-order valence-electron chi connectivity index (χ1n) is 7.91. The van der Waals surface area contributed by atoms with Crippen molar-refractivity contribution < 1.29 is 4.79 Å². The maximum atomic E-state index is 12.7. The third-order valence-electron chi connectivity index (χ3n) is 4.10. The topological polar surface area (TPSA) is 54.9 Å². The van der Waals surface area contributed by atoms with Crippen molar-refractivity contribution in [2.24, 2.45) is 0 Å². The summed E-state index contributed by atoms with van der Waals surface area (Å²) in [5.74, 6) is -0.0678. The van der Waals surface area contributed by atoms with E-state index in [9.17, 15) is 4.79 Å². The molecule has 1 amide bonds. The number of fused-ring (bicyclic) bond motifs is 1. The SMILES string of the molecule is O=C(NCc1ccsc1)c1cccc2c(-c3ccnnc3)cccc12. The molecule has 1 N–H and O–H groups in total. The van der Waals surface area contributed by atoms with Crippen LogP contribution in [-0.2, 0) is 6.54 Å². The predicted octanol–water partition coefficient (Wildman–Crippen LogP) is 4.29. The Bertz CT molecular complexity index is 1010. The average Bonchev–Trinajstić information content (AvgIpc) is 3.19. The second-order valence-corrected chi connectivity index (χ2v) is 6.43. The highest BCUT2D eigenvalue weighted by Gasteiger charge is 2.12. The fourth-order valence-corrected chi connectivity index (χ4v) is 3.55. The molecule has 0 aliphatic heterocycles. The first-order chi connectivity index (χ1) is 12.3. The monoisotopic (exact) mass is 345 g/mol. The van der Waals surface area contributed by atoms with E-state index >= 15 is 0 Å². The van der Waals surface area contributed by atoms with Crippen LogP contribution in [0.15, 0.2) is 71.7 Å². The molecule has 5 heteroatoms. The van der Waals surface area contributed by atoms with E-state index in [-0.39, 0.29) is 5.91 Å². The summed E-state index contributed by atoms with van der Waals surface area (Å²) in [5, 5.41) is 16.8. The Kier molecular flexibility index (Phi) is 4.23. The van der Waals surface area contributed by atoms with Crippen LogP contribution in [0.1, 0.15) is 15.9 Å². The molecule has 4 aromatic rings. The van der Waals surface area contributed by atoms with Gasteiger partial charge >= 0.3 is 0 Å². The summed E-state index contributed by atoms with van der Waals surface area (Å²) < 4.78 is 0. The zero-order valence-electron chi connectivity index (χ0n) is 13.3. The number of nitrogens with zero attached hydrogens (tertiary/aromatic N) is 2. The molecular weight excluding hydrogens is 330 g/mol. The van der Waals surface area contributed by atoms with E-state index in [0.29, 0.717) is 12.1 Å². The molecule has 0 saturated heterocycles. The van der Waals surface area contributed by atoms with Crippen LogP contribution in [0.2, 0.25) is 0 Å². The highest BCUT2D eigenvalue weighted by molar-refractivity contribution is 7.07. The molecule has 0 spiro atoms. The third kappa shape index (κ3) is 3.14. The van der Waals surface area contributed by atoms with Crippen LogP contribution in [0.5, 0.6) is 0 Å².